The van der Waals surface area contributed by atoms with E-state index in [1.54, 1.807) is 7.05 Å². The van der Waals surface area contributed by atoms with Crippen molar-refractivity contribution in [3.63, 3.8) is 0 Å². The maximum absolute atomic E-state index is 13.5. The highest BCUT2D eigenvalue weighted by Gasteiger charge is 2.19. The summed E-state index contributed by atoms with van der Waals surface area (Å²) < 4.78 is 31.6. The molecule has 1 aromatic heterocycles. The second-order valence-electron chi connectivity index (χ2n) is 3.33. The molecule has 0 aliphatic rings. The van der Waals surface area contributed by atoms with E-state index in [1.807, 2.05) is 0 Å². The van der Waals surface area contributed by atoms with Crippen molar-refractivity contribution in [2.45, 2.75) is 0 Å². The molecule has 0 amide bonds. The molecule has 0 radical (unpaired) electrons. The standard InChI is InChI=1S/C11H9F2NO2/c1-14-5-9(15)10-6-2-3-16-11(6)8(13)4-7(10)12/h2-4,14H,5H2,1H3. The van der Waals surface area contributed by atoms with Gasteiger partial charge in [-0.25, -0.2) is 8.78 Å². The molecule has 2 aromatic rings. The molecule has 1 N–H and O–H groups in total. The number of hydrogen-bond acceptors (Lipinski definition) is 3. The molecule has 0 aliphatic heterocycles. The summed E-state index contributed by atoms with van der Waals surface area (Å²) >= 11 is 0. The van der Waals surface area contributed by atoms with E-state index < -0.39 is 17.4 Å². The Balaban J connectivity index is 2.68. The monoisotopic (exact) mass is 225 g/mol. The van der Waals surface area contributed by atoms with Crippen LogP contribution in [0.2, 0.25) is 0 Å². The minimum atomic E-state index is -0.869. The molecule has 0 fully saturated rings. The first-order chi connectivity index (χ1) is 7.65. The molecule has 1 heterocycles. The van der Waals surface area contributed by atoms with Gasteiger partial charge in [0.15, 0.2) is 17.2 Å². The van der Waals surface area contributed by atoms with E-state index in [0.717, 1.165) is 0 Å². The molecule has 16 heavy (non-hydrogen) atoms. The lowest BCUT2D eigenvalue weighted by Crippen LogP contribution is -2.20. The van der Waals surface area contributed by atoms with Gasteiger partial charge >= 0.3 is 0 Å². The Kier molecular flexibility index (Phi) is 2.70. The molecular weight excluding hydrogens is 216 g/mol. The lowest BCUT2D eigenvalue weighted by atomic mass is 10.1. The molecule has 0 saturated heterocycles. The number of furan rings is 1. The fraction of sp³-hybridized carbons (Fsp3) is 0.182. The van der Waals surface area contributed by atoms with Crippen molar-refractivity contribution in [2.75, 3.05) is 13.6 Å². The molecule has 84 valence electrons. The first-order valence-corrected chi connectivity index (χ1v) is 4.68. The van der Waals surface area contributed by atoms with Gasteiger partial charge in [0.2, 0.25) is 0 Å². The highest BCUT2D eigenvalue weighted by atomic mass is 19.1. The van der Waals surface area contributed by atoms with Gasteiger partial charge in [0, 0.05) is 11.5 Å². The van der Waals surface area contributed by atoms with Gasteiger partial charge in [0.1, 0.15) is 5.82 Å². The fourth-order valence-electron chi connectivity index (χ4n) is 1.60. The molecule has 0 bridgehead atoms. The van der Waals surface area contributed by atoms with Gasteiger partial charge in [0.05, 0.1) is 18.4 Å². The minimum absolute atomic E-state index is 0.0111. The Labute approximate surface area is 90.0 Å². The summed E-state index contributed by atoms with van der Waals surface area (Å²) in [7, 11) is 1.58. The first kappa shape index (κ1) is 10.8. The van der Waals surface area contributed by atoms with Gasteiger partial charge < -0.3 is 9.73 Å². The van der Waals surface area contributed by atoms with Crippen LogP contribution in [0.4, 0.5) is 8.78 Å². The molecule has 0 atom stereocenters. The van der Waals surface area contributed by atoms with Crippen LogP contribution >= 0.6 is 0 Å². The van der Waals surface area contributed by atoms with Crippen molar-refractivity contribution in [1.82, 2.24) is 5.32 Å². The number of halogens is 2. The second-order valence-corrected chi connectivity index (χ2v) is 3.33. The van der Waals surface area contributed by atoms with Gasteiger partial charge in [-0.05, 0) is 13.1 Å². The lowest BCUT2D eigenvalue weighted by molar-refractivity contribution is 0.0991. The number of carbonyl (C=O) groups excluding carboxylic acids is 1. The lowest BCUT2D eigenvalue weighted by Gasteiger charge is -2.04. The zero-order chi connectivity index (χ0) is 11.7. The van der Waals surface area contributed by atoms with E-state index in [-0.39, 0.29) is 23.1 Å². The van der Waals surface area contributed by atoms with Crippen molar-refractivity contribution in [3.8, 4) is 0 Å². The van der Waals surface area contributed by atoms with Crippen LogP contribution in [0.25, 0.3) is 11.0 Å². The van der Waals surface area contributed by atoms with Gasteiger partial charge in [-0.15, -0.1) is 0 Å². The Morgan fingerprint density at radius 3 is 2.88 bits per heavy atom. The van der Waals surface area contributed by atoms with Crippen LogP contribution < -0.4 is 5.32 Å². The topological polar surface area (TPSA) is 42.2 Å². The molecule has 0 aliphatic carbocycles. The second kappa shape index (κ2) is 4.02. The number of carbonyl (C=O) groups is 1. The Morgan fingerprint density at radius 2 is 2.19 bits per heavy atom. The van der Waals surface area contributed by atoms with Crippen LogP contribution in [-0.4, -0.2) is 19.4 Å². The van der Waals surface area contributed by atoms with E-state index in [4.69, 9.17) is 4.42 Å². The highest BCUT2D eigenvalue weighted by Crippen LogP contribution is 2.26. The smallest absolute Gasteiger partial charge is 0.180 e. The number of rotatable bonds is 3. The zero-order valence-corrected chi connectivity index (χ0v) is 8.51. The van der Waals surface area contributed by atoms with Crippen molar-refractivity contribution >= 4 is 16.8 Å². The van der Waals surface area contributed by atoms with E-state index in [2.05, 4.69) is 5.32 Å². The van der Waals surface area contributed by atoms with Crippen LogP contribution in [0.15, 0.2) is 22.8 Å². The highest BCUT2D eigenvalue weighted by molar-refractivity contribution is 6.08. The van der Waals surface area contributed by atoms with Crippen molar-refractivity contribution in [1.29, 1.82) is 0 Å². The van der Waals surface area contributed by atoms with Crippen LogP contribution in [0.1, 0.15) is 10.4 Å². The number of nitrogens with one attached hydrogen (secondary N) is 1. The normalized spacial score (nSPS) is 10.9. The summed E-state index contributed by atoms with van der Waals surface area (Å²) in [4.78, 5) is 11.6. The molecule has 0 saturated carbocycles. The maximum atomic E-state index is 13.5. The number of benzene rings is 1. The van der Waals surface area contributed by atoms with Crippen molar-refractivity contribution < 1.29 is 18.0 Å². The predicted octanol–water partition coefficient (Wildman–Crippen LogP) is 2.11. The third-order valence-corrected chi connectivity index (χ3v) is 2.26. The third-order valence-electron chi connectivity index (χ3n) is 2.26. The van der Waals surface area contributed by atoms with Crippen LogP contribution in [0.3, 0.4) is 0 Å². The van der Waals surface area contributed by atoms with Crippen LogP contribution in [0.5, 0.6) is 0 Å². The zero-order valence-electron chi connectivity index (χ0n) is 8.51. The number of Topliss-reactive ketones (excluding diaryl/α,β-unsaturated/α-hetero) is 1. The van der Waals surface area contributed by atoms with Crippen molar-refractivity contribution in [2.24, 2.45) is 0 Å². The molecule has 0 spiro atoms. The molecular formula is C11H9F2NO2. The Morgan fingerprint density at radius 1 is 1.44 bits per heavy atom. The third kappa shape index (κ3) is 1.59. The van der Waals surface area contributed by atoms with Crippen LogP contribution in [0, 0.1) is 11.6 Å². The number of hydrogen-bond donors (Lipinski definition) is 1. The fourth-order valence-corrected chi connectivity index (χ4v) is 1.60. The molecule has 3 nitrogen and oxygen atoms in total. The first-order valence-electron chi connectivity index (χ1n) is 4.68. The summed E-state index contributed by atoms with van der Waals surface area (Å²) in [6.45, 7) is -0.0111. The number of likely N-dealkylation sites (N-methyl/N-ethyl adjacent to an activating group) is 1. The van der Waals surface area contributed by atoms with Crippen molar-refractivity contribution in [3.05, 3.63) is 35.6 Å². The summed E-state index contributed by atoms with van der Waals surface area (Å²) in [6, 6.07) is 2.04. The Bertz CT molecular complexity index is 548. The summed E-state index contributed by atoms with van der Waals surface area (Å²) in [5, 5.41) is 2.79. The molecule has 1 aromatic carbocycles. The van der Waals surface area contributed by atoms with E-state index in [9.17, 15) is 13.6 Å². The molecule has 2 rings (SSSR count). The average molecular weight is 225 g/mol. The average Bonchev–Trinajstić information content (AvgIpc) is 2.66. The predicted molar refractivity (Wildman–Crippen MR) is 54.4 cm³/mol. The van der Waals surface area contributed by atoms with E-state index in [0.29, 0.717) is 6.07 Å². The largest absolute Gasteiger partial charge is 0.461 e. The van der Waals surface area contributed by atoms with Gasteiger partial charge in [-0.2, -0.15) is 0 Å². The quantitative estimate of drug-likeness (QED) is 0.813. The maximum Gasteiger partial charge on any atom is 0.180 e. The molecule has 0 unspecified atom stereocenters. The van der Waals surface area contributed by atoms with Crippen LogP contribution in [-0.2, 0) is 0 Å². The summed E-state index contributed by atoms with van der Waals surface area (Å²) in [5.74, 6) is -2.11. The minimum Gasteiger partial charge on any atom is -0.461 e. The van der Waals surface area contributed by atoms with Gasteiger partial charge in [-0.3, -0.25) is 4.79 Å². The number of fused-ring (bicyclic) bond motifs is 1. The van der Waals surface area contributed by atoms with Gasteiger partial charge in [0.25, 0.3) is 0 Å². The molecule has 5 heteroatoms. The Hall–Kier alpha value is -1.75. The summed E-state index contributed by atoms with van der Waals surface area (Å²) in [5.41, 5.74) is -0.236. The van der Waals surface area contributed by atoms with E-state index in [1.165, 1.54) is 12.3 Å². The van der Waals surface area contributed by atoms with Gasteiger partial charge in [-0.1, -0.05) is 0 Å². The SMILES string of the molecule is CNCC(=O)c1c(F)cc(F)c2occc12. The summed E-state index contributed by atoms with van der Waals surface area (Å²) in [6.07, 6.45) is 1.23. The number of ketones is 1. The van der Waals surface area contributed by atoms with E-state index >= 15 is 0 Å².